The Kier molecular flexibility index (Phi) is 4.36. The van der Waals surface area contributed by atoms with Gasteiger partial charge in [-0.2, -0.15) is 0 Å². The van der Waals surface area contributed by atoms with Gasteiger partial charge in [-0.05, 0) is 22.6 Å². The number of morpholine rings is 1. The zero-order valence-electron chi connectivity index (χ0n) is 15.3. The first-order valence-corrected chi connectivity index (χ1v) is 9.63. The largest absolute Gasteiger partial charge is 0.457 e. The Hall–Kier alpha value is -1.99. The van der Waals surface area contributed by atoms with Crippen LogP contribution in [0.3, 0.4) is 0 Å². The average Bonchev–Trinajstić information content (AvgIpc) is 3.07. The van der Waals surface area contributed by atoms with Gasteiger partial charge in [-0.3, -0.25) is 9.80 Å². The standard InChI is InChI=1S/C21H24N2O4/c24-19-12-22(11-18(19)23-6-8-26-9-7-23)10-14-4-5-15-13-27-21(25)17-3-1-2-16(14)20(15)17/h1-5,18-19,24H,6-13H2. The van der Waals surface area contributed by atoms with Crippen molar-refractivity contribution >= 4 is 16.7 Å². The molecule has 2 saturated heterocycles. The number of aliphatic hydroxyl groups excluding tert-OH is 1. The van der Waals surface area contributed by atoms with E-state index in [-0.39, 0.29) is 18.1 Å². The molecule has 0 aliphatic carbocycles. The van der Waals surface area contributed by atoms with Crippen LogP contribution in [0.2, 0.25) is 0 Å². The van der Waals surface area contributed by atoms with Crippen molar-refractivity contribution in [3.8, 4) is 0 Å². The van der Waals surface area contributed by atoms with Gasteiger partial charge >= 0.3 is 5.97 Å². The van der Waals surface area contributed by atoms with Gasteiger partial charge in [0.05, 0.1) is 24.9 Å². The summed E-state index contributed by atoms with van der Waals surface area (Å²) in [5.41, 5.74) is 2.92. The lowest BCUT2D eigenvalue weighted by molar-refractivity contribution is -0.00618. The Morgan fingerprint density at radius 2 is 1.96 bits per heavy atom. The van der Waals surface area contributed by atoms with Gasteiger partial charge < -0.3 is 14.6 Å². The molecular weight excluding hydrogens is 344 g/mol. The van der Waals surface area contributed by atoms with Crippen molar-refractivity contribution in [1.29, 1.82) is 0 Å². The molecule has 6 nitrogen and oxygen atoms in total. The van der Waals surface area contributed by atoms with Gasteiger partial charge in [0.25, 0.3) is 0 Å². The van der Waals surface area contributed by atoms with Gasteiger partial charge in [0.15, 0.2) is 0 Å². The molecule has 0 bridgehead atoms. The van der Waals surface area contributed by atoms with Crippen molar-refractivity contribution in [2.75, 3.05) is 39.4 Å². The van der Waals surface area contributed by atoms with Crippen LogP contribution in [0.4, 0.5) is 0 Å². The molecule has 0 saturated carbocycles. The first kappa shape index (κ1) is 17.1. The van der Waals surface area contributed by atoms with Crippen molar-refractivity contribution in [3.63, 3.8) is 0 Å². The Morgan fingerprint density at radius 1 is 1.11 bits per heavy atom. The number of rotatable bonds is 3. The molecule has 3 heterocycles. The molecule has 2 aromatic rings. The van der Waals surface area contributed by atoms with Crippen molar-refractivity contribution in [1.82, 2.24) is 9.80 Å². The van der Waals surface area contributed by atoms with E-state index in [2.05, 4.69) is 28.0 Å². The molecule has 0 spiro atoms. The number of carbonyl (C=O) groups excluding carboxylic acids is 1. The van der Waals surface area contributed by atoms with Crippen molar-refractivity contribution < 1.29 is 19.4 Å². The number of benzene rings is 2. The third kappa shape index (κ3) is 3.02. The van der Waals surface area contributed by atoms with Crippen LogP contribution in [0, 0.1) is 0 Å². The fourth-order valence-corrected chi connectivity index (χ4v) is 4.67. The van der Waals surface area contributed by atoms with Gasteiger partial charge in [0, 0.05) is 44.2 Å². The highest BCUT2D eigenvalue weighted by molar-refractivity contribution is 6.08. The summed E-state index contributed by atoms with van der Waals surface area (Å²) in [6.45, 7) is 5.90. The van der Waals surface area contributed by atoms with E-state index >= 15 is 0 Å². The minimum absolute atomic E-state index is 0.170. The molecule has 3 aliphatic heterocycles. The second-order valence-electron chi connectivity index (χ2n) is 7.67. The monoisotopic (exact) mass is 368 g/mol. The van der Waals surface area contributed by atoms with E-state index in [1.165, 1.54) is 5.56 Å². The maximum Gasteiger partial charge on any atom is 0.339 e. The number of hydrogen-bond acceptors (Lipinski definition) is 6. The molecule has 0 amide bonds. The number of likely N-dealkylation sites (tertiary alicyclic amines) is 1. The van der Waals surface area contributed by atoms with Crippen LogP contribution in [-0.4, -0.2) is 72.4 Å². The van der Waals surface area contributed by atoms with Crippen LogP contribution in [-0.2, 0) is 22.6 Å². The molecule has 6 heteroatoms. The SMILES string of the molecule is O=C1OCc2ccc(CN3CC(O)C(N4CCOCC4)C3)c3cccc1c23. The van der Waals surface area contributed by atoms with E-state index in [0.717, 1.165) is 55.7 Å². The lowest BCUT2D eigenvalue weighted by Gasteiger charge is -2.33. The molecule has 3 aliphatic rings. The molecule has 0 radical (unpaired) electrons. The van der Waals surface area contributed by atoms with Crippen LogP contribution in [0.1, 0.15) is 21.5 Å². The summed E-state index contributed by atoms with van der Waals surface area (Å²) in [6, 6.07) is 10.2. The normalized spacial score (nSPS) is 26.5. The Balaban J connectivity index is 1.40. The Labute approximate surface area is 158 Å². The van der Waals surface area contributed by atoms with Gasteiger partial charge in [-0.1, -0.05) is 24.3 Å². The molecule has 5 rings (SSSR count). The molecular formula is C21H24N2O4. The molecule has 142 valence electrons. The zero-order valence-corrected chi connectivity index (χ0v) is 15.3. The third-order valence-electron chi connectivity index (χ3n) is 6.04. The van der Waals surface area contributed by atoms with E-state index in [4.69, 9.17) is 9.47 Å². The summed E-state index contributed by atoms with van der Waals surface area (Å²) < 4.78 is 10.7. The van der Waals surface area contributed by atoms with E-state index in [1.807, 2.05) is 12.1 Å². The van der Waals surface area contributed by atoms with Gasteiger partial charge in [-0.25, -0.2) is 4.79 Å². The molecule has 2 aromatic carbocycles. The summed E-state index contributed by atoms with van der Waals surface area (Å²) in [7, 11) is 0. The van der Waals surface area contributed by atoms with Crippen molar-refractivity contribution in [2.45, 2.75) is 25.3 Å². The number of ether oxygens (including phenoxy) is 2. The second-order valence-corrected chi connectivity index (χ2v) is 7.67. The Morgan fingerprint density at radius 3 is 2.81 bits per heavy atom. The fraction of sp³-hybridized carbons (Fsp3) is 0.476. The third-order valence-corrected chi connectivity index (χ3v) is 6.04. The summed E-state index contributed by atoms with van der Waals surface area (Å²) in [5.74, 6) is -0.241. The highest BCUT2D eigenvalue weighted by Crippen LogP contribution is 2.32. The van der Waals surface area contributed by atoms with Gasteiger partial charge in [-0.15, -0.1) is 0 Å². The summed E-state index contributed by atoms with van der Waals surface area (Å²) >= 11 is 0. The van der Waals surface area contributed by atoms with Crippen LogP contribution in [0.25, 0.3) is 10.8 Å². The number of β-amino-alcohol motifs (C(OH)–C–C–N with tert-alkyl or cyclic N) is 1. The fourth-order valence-electron chi connectivity index (χ4n) is 4.67. The lowest BCUT2D eigenvalue weighted by atomic mass is 9.94. The van der Waals surface area contributed by atoms with Crippen LogP contribution < -0.4 is 0 Å². The zero-order chi connectivity index (χ0) is 18.4. The molecule has 2 unspecified atom stereocenters. The summed E-state index contributed by atoms with van der Waals surface area (Å²) in [4.78, 5) is 16.8. The number of nitrogens with zero attached hydrogens (tertiary/aromatic N) is 2. The number of hydrogen-bond donors (Lipinski definition) is 1. The molecule has 0 aromatic heterocycles. The van der Waals surface area contributed by atoms with Crippen molar-refractivity contribution in [3.05, 3.63) is 47.0 Å². The van der Waals surface area contributed by atoms with E-state index in [9.17, 15) is 9.90 Å². The molecule has 27 heavy (non-hydrogen) atoms. The molecule has 2 fully saturated rings. The predicted molar refractivity (Wildman–Crippen MR) is 101 cm³/mol. The van der Waals surface area contributed by atoms with Crippen LogP contribution in [0.15, 0.2) is 30.3 Å². The number of aliphatic hydroxyl groups is 1. The van der Waals surface area contributed by atoms with Gasteiger partial charge in [0.1, 0.15) is 6.61 Å². The van der Waals surface area contributed by atoms with Crippen LogP contribution >= 0.6 is 0 Å². The first-order valence-electron chi connectivity index (χ1n) is 9.63. The topological polar surface area (TPSA) is 62.2 Å². The van der Waals surface area contributed by atoms with E-state index in [1.54, 1.807) is 0 Å². The minimum Gasteiger partial charge on any atom is -0.457 e. The maximum atomic E-state index is 12.1. The van der Waals surface area contributed by atoms with Crippen LogP contribution in [0.5, 0.6) is 0 Å². The quantitative estimate of drug-likeness (QED) is 0.826. The first-order chi connectivity index (χ1) is 13.2. The minimum atomic E-state index is -0.335. The van der Waals surface area contributed by atoms with Crippen molar-refractivity contribution in [2.24, 2.45) is 0 Å². The molecule has 2 atom stereocenters. The highest BCUT2D eigenvalue weighted by atomic mass is 16.5. The Bertz CT molecular complexity index is 878. The summed E-state index contributed by atoms with van der Waals surface area (Å²) in [5, 5.41) is 12.7. The maximum absolute atomic E-state index is 12.1. The smallest absolute Gasteiger partial charge is 0.339 e. The van der Waals surface area contributed by atoms with E-state index < -0.39 is 0 Å². The average molecular weight is 368 g/mol. The predicted octanol–water partition coefficient (Wildman–Crippen LogP) is 1.39. The van der Waals surface area contributed by atoms with E-state index in [0.29, 0.717) is 18.7 Å². The number of esters is 1. The summed E-state index contributed by atoms with van der Waals surface area (Å²) in [6.07, 6.45) is -0.335. The highest BCUT2D eigenvalue weighted by Gasteiger charge is 2.36. The number of carbonyl (C=O) groups is 1. The molecule has 1 N–H and O–H groups in total. The second kappa shape index (κ2) is 6.87. The lowest BCUT2D eigenvalue weighted by Crippen LogP contribution is -2.48. The number of cyclic esters (lactones) is 1. The van der Waals surface area contributed by atoms with Gasteiger partial charge in [0.2, 0.25) is 0 Å².